The Kier molecular flexibility index (Phi) is 4.68. The van der Waals surface area contributed by atoms with E-state index in [1.54, 1.807) is 7.11 Å². The quantitative estimate of drug-likeness (QED) is 0.612. The Bertz CT molecular complexity index is 827. The van der Waals surface area contributed by atoms with Crippen LogP contribution < -0.4 is 4.74 Å². The molecule has 0 aliphatic heterocycles. The summed E-state index contributed by atoms with van der Waals surface area (Å²) in [4.78, 5) is 13.5. The van der Waals surface area contributed by atoms with E-state index < -0.39 is 0 Å². The molecule has 0 amide bonds. The van der Waals surface area contributed by atoms with Gasteiger partial charge in [-0.3, -0.25) is 4.79 Å². The van der Waals surface area contributed by atoms with Crippen LogP contribution in [-0.4, -0.2) is 12.2 Å². The molecule has 0 saturated heterocycles. The predicted octanol–water partition coefficient (Wildman–Crippen LogP) is 5.27. The van der Waals surface area contributed by atoms with Crippen LogP contribution in [0.3, 0.4) is 0 Å². The lowest BCUT2D eigenvalue weighted by molar-refractivity contribution is -0.111. The number of thioether (sulfide) groups is 1. The van der Waals surface area contributed by atoms with Crippen molar-refractivity contribution < 1.29 is 9.53 Å². The van der Waals surface area contributed by atoms with Crippen LogP contribution in [0.1, 0.15) is 18.4 Å². The first kappa shape index (κ1) is 15.6. The van der Waals surface area contributed by atoms with Gasteiger partial charge in [-0.15, -0.1) is 0 Å². The van der Waals surface area contributed by atoms with Gasteiger partial charge in [-0.05, 0) is 40.6 Å². The molecule has 0 radical (unpaired) electrons. The first-order chi connectivity index (χ1) is 11.2. The van der Waals surface area contributed by atoms with Crippen molar-refractivity contribution in [1.82, 2.24) is 0 Å². The summed E-state index contributed by atoms with van der Waals surface area (Å²) in [5.41, 5.74) is 1.04. The highest BCUT2D eigenvalue weighted by atomic mass is 32.2. The van der Waals surface area contributed by atoms with Crippen molar-refractivity contribution in [3.8, 4) is 5.75 Å². The largest absolute Gasteiger partial charge is 0.497 e. The number of hydrogen-bond donors (Lipinski definition) is 0. The lowest BCUT2D eigenvalue weighted by atomic mass is 9.99. The molecule has 0 aliphatic rings. The Morgan fingerprint density at radius 3 is 2.39 bits per heavy atom. The zero-order chi connectivity index (χ0) is 16.2. The Hall–Kier alpha value is -2.26. The zero-order valence-corrected chi connectivity index (χ0v) is 14.0. The number of carbonyl (C=O) groups excluding carboxylic acids is 1. The van der Waals surface area contributed by atoms with Crippen molar-refractivity contribution in [1.29, 1.82) is 0 Å². The lowest BCUT2D eigenvalue weighted by Crippen LogP contribution is -2.04. The van der Waals surface area contributed by atoms with Crippen LogP contribution >= 0.6 is 11.8 Å². The number of carbonyl (C=O) groups is 1. The number of hydrogen-bond acceptors (Lipinski definition) is 3. The molecule has 0 N–H and O–H groups in total. The average molecular weight is 322 g/mol. The summed E-state index contributed by atoms with van der Waals surface area (Å²) in [5, 5.41) is 2.39. The summed E-state index contributed by atoms with van der Waals surface area (Å²) >= 11 is 1.30. The summed E-state index contributed by atoms with van der Waals surface area (Å²) in [6, 6.07) is 21.9. The Morgan fingerprint density at radius 2 is 1.65 bits per heavy atom. The third-order valence-corrected chi connectivity index (χ3v) is 4.95. The number of rotatable bonds is 4. The third-order valence-electron chi connectivity index (χ3n) is 3.89. The molecular formula is C20H18O2S. The van der Waals surface area contributed by atoms with Gasteiger partial charge in [-0.2, -0.15) is 0 Å². The molecular weight excluding hydrogens is 304 g/mol. The van der Waals surface area contributed by atoms with E-state index in [0.717, 1.165) is 27.0 Å². The van der Waals surface area contributed by atoms with Crippen molar-refractivity contribution in [3.05, 3.63) is 72.3 Å². The number of fused-ring (bicyclic) bond motifs is 1. The summed E-state index contributed by atoms with van der Waals surface area (Å²) in [6.45, 7) is 1.96. The fourth-order valence-electron chi connectivity index (χ4n) is 2.47. The molecule has 116 valence electrons. The molecule has 3 aromatic rings. The van der Waals surface area contributed by atoms with Crippen LogP contribution in [0.5, 0.6) is 5.75 Å². The molecule has 0 heterocycles. The molecule has 1 atom stereocenters. The van der Waals surface area contributed by atoms with E-state index in [0.29, 0.717) is 0 Å². The van der Waals surface area contributed by atoms with Crippen LogP contribution in [0.25, 0.3) is 10.8 Å². The summed E-state index contributed by atoms with van der Waals surface area (Å²) < 4.78 is 5.25. The molecule has 0 aliphatic carbocycles. The highest BCUT2D eigenvalue weighted by Gasteiger charge is 2.17. The van der Waals surface area contributed by atoms with Gasteiger partial charge < -0.3 is 4.74 Å². The highest BCUT2D eigenvalue weighted by Crippen LogP contribution is 2.30. The van der Waals surface area contributed by atoms with Crippen molar-refractivity contribution in [3.63, 3.8) is 0 Å². The van der Waals surface area contributed by atoms with Crippen molar-refractivity contribution in [2.75, 3.05) is 7.11 Å². The van der Waals surface area contributed by atoms with E-state index in [1.165, 1.54) is 11.8 Å². The molecule has 23 heavy (non-hydrogen) atoms. The average Bonchev–Trinajstić information content (AvgIpc) is 2.61. The van der Waals surface area contributed by atoms with Crippen LogP contribution in [-0.2, 0) is 4.79 Å². The van der Waals surface area contributed by atoms with Gasteiger partial charge in [0.15, 0.2) is 0 Å². The van der Waals surface area contributed by atoms with Crippen LogP contribution in [0, 0.1) is 0 Å². The minimum atomic E-state index is -0.147. The molecule has 0 saturated carbocycles. The third kappa shape index (κ3) is 3.57. The Balaban J connectivity index is 1.82. The monoisotopic (exact) mass is 322 g/mol. The maximum Gasteiger partial charge on any atom is 0.200 e. The van der Waals surface area contributed by atoms with E-state index in [9.17, 15) is 4.79 Å². The number of benzene rings is 3. The van der Waals surface area contributed by atoms with Crippen LogP contribution in [0.15, 0.2) is 71.6 Å². The molecule has 0 fully saturated rings. The predicted molar refractivity (Wildman–Crippen MR) is 96.2 cm³/mol. The fourth-order valence-corrected chi connectivity index (χ4v) is 3.31. The topological polar surface area (TPSA) is 26.3 Å². The van der Waals surface area contributed by atoms with Gasteiger partial charge in [0.05, 0.1) is 13.0 Å². The Labute approximate surface area is 140 Å². The van der Waals surface area contributed by atoms with Gasteiger partial charge >= 0.3 is 0 Å². The van der Waals surface area contributed by atoms with E-state index in [4.69, 9.17) is 4.74 Å². The second-order valence-corrected chi connectivity index (χ2v) is 6.51. The van der Waals surface area contributed by atoms with Gasteiger partial charge in [0.2, 0.25) is 5.12 Å². The maximum atomic E-state index is 12.5. The smallest absolute Gasteiger partial charge is 0.200 e. The lowest BCUT2D eigenvalue weighted by Gasteiger charge is -2.12. The number of ether oxygens (including phenoxy) is 1. The Morgan fingerprint density at radius 1 is 0.957 bits per heavy atom. The molecule has 3 rings (SSSR count). The second kappa shape index (κ2) is 6.88. The standard InChI is InChI=1S/C20H18O2S/c1-14(20(21)23-19-6-4-3-5-7-19)15-8-9-17-13-18(22-2)11-10-16(17)12-15/h3-14H,1-2H3/t14-/m1/s1. The van der Waals surface area contributed by atoms with E-state index in [1.807, 2.05) is 67.6 Å². The van der Waals surface area contributed by atoms with E-state index in [-0.39, 0.29) is 11.0 Å². The SMILES string of the molecule is COc1ccc2cc([C@@H](C)C(=O)Sc3ccccc3)ccc2c1. The van der Waals surface area contributed by atoms with Gasteiger partial charge in [-0.1, -0.05) is 61.2 Å². The number of methoxy groups -OCH3 is 1. The molecule has 0 aromatic heterocycles. The van der Waals surface area contributed by atoms with Crippen molar-refractivity contribution in [2.45, 2.75) is 17.7 Å². The minimum absolute atomic E-state index is 0.147. The molecule has 3 aromatic carbocycles. The second-order valence-electron chi connectivity index (χ2n) is 5.43. The maximum absolute atomic E-state index is 12.5. The minimum Gasteiger partial charge on any atom is -0.497 e. The van der Waals surface area contributed by atoms with Gasteiger partial charge in [-0.25, -0.2) is 0 Å². The highest BCUT2D eigenvalue weighted by molar-refractivity contribution is 8.13. The normalized spacial score (nSPS) is 12.1. The van der Waals surface area contributed by atoms with Crippen LogP contribution in [0.4, 0.5) is 0 Å². The summed E-state index contributed by atoms with van der Waals surface area (Å²) in [6.07, 6.45) is 0. The molecule has 0 spiro atoms. The van der Waals surface area contributed by atoms with Gasteiger partial charge in [0.1, 0.15) is 5.75 Å². The summed E-state index contributed by atoms with van der Waals surface area (Å²) in [5.74, 6) is 0.695. The fraction of sp³-hybridized carbons (Fsp3) is 0.150. The molecule has 2 nitrogen and oxygen atoms in total. The zero-order valence-electron chi connectivity index (χ0n) is 13.2. The molecule has 0 unspecified atom stereocenters. The molecule has 3 heteroatoms. The van der Waals surface area contributed by atoms with Gasteiger partial charge in [0, 0.05) is 4.90 Å². The van der Waals surface area contributed by atoms with Crippen LogP contribution in [0.2, 0.25) is 0 Å². The first-order valence-corrected chi connectivity index (χ1v) is 8.33. The van der Waals surface area contributed by atoms with Crippen molar-refractivity contribution in [2.24, 2.45) is 0 Å². The van der Waals surface area contributed by atoms with E-state index >= 15 is 0 Å². The van der Waals surface area contributed by atoms with E-state index in [2.05, 4.69) is 6.07 Å². The molecule has 0 bridgehead atoms. The first-order valence-electron chi connectivity index (χ1n) is 7.52. The van der Waals surface area contributed by atoms with Gasteiger partial charge in [0.25, 0.3) is 0 Å². The van der Waals surface area contributed by atoms with Crippen molar-refractivity contribution >= 4 is 27.6 Å². The summed E-state index contributed by atoms with van der Waals surface area (Å²) in [7, 11) is 1.66.